The average Bonchev–Trinajstić information content (AvgIpc) is 2.44. The maximum atomic E-state index is 11.5. The van der Waals surface area contributed by atoms with Crippen LogP contribution in [0.4, 0.5) is 0 Å². The van der Waals surface area contributed by atoms with Crippen LogP contribution in [-0.4, -0.2) is 36.7 Å². The molecule has 0 aromatic heterocycles. The topological polar surface area (TPSA) is 78.9 Å². The van der Waals surface area contributed by atoms with E-state index in [4.69, 9.17) is 14.2 Å². The summed E-state index contributed by atoms with van der Waals surface area (Å²) in [6, 6.07) is 0. The van der Waals surface area contributed by atoms with Crippen molar-refractivity contribution in [1.82, 2.24) is 0 Å². The van der Waals surface area contributed by atoms with Crippen molar-refractivity contribution in [2.45, 2.75) is 39.9 Å². The summed E-state index contributed by atoms with van der Waals surface area (Å²) in [4.78, 5) is 34.3. The number of rotatable bonds is 8. The number of hydrogen-bond donors (Lipinski definition) is 0. The number of carbonyl (C=O) groups is 3. The number of esters is 3. The molecule has 0 aliphatic rings. The molecule has 0 aromatic rings. The highest BCUT2D eigenvalue weighted by Gasteiger charge is 2.25. The van der Waals surface area contributed by atoms with E-state index in [-0.39, 0.29) is 6.61 Å². The van der Waals surface area contributed by atoms with Crippen molar-refractivity contribution in [2.24, 2.45) is 0 Å². The SMILES string of the molecule is C/C=C\C(=O)OCC(OC(=O)/C=C\C)C(C)OC(=O)/C=C\C. The lowest BCUT2D eigenvalue weighted by atomic mass is 10.2. The molecule has 0 bridgehead atoms. The molecule has 0 fully saturated rings. The lowest BCUT2D eigenvalue weighted by Crippen LogP contribution is -2.36. The van der Waals surface area contributed by atoms with Crippen molar-refractivity contribution >= 4 is 17.9 Å². The maximum Gasteiger partial charge on any atom is 0.330 e. The van der Waals surface area contributed by atoms with E-state index in [1.165, 1.54) is 36.5 Å². The largest absolute Gasteiger partial charge is 0.458 e. The van der Waals surface area contributed by atoms with Crippen molar-refractivity contribution in [2.75, 3.05) is 6.61 Å². The summed E-state index contributed by atoms with van der Waals surface area (Å²) in [6.45, 7) is 6.35. The summed E-state index contributed by atoms with van der Waals surface area (Å²) in [5.41, 5.74) is 0. The zero-order chi connectivity index (χ0) is 17.0. The fourth-order valence-corrected chi connectivity index (χ4v) is 1.37. The summed E-state index contributed by atoms with van der Waals surface area (Å²) in [5, 5.41) is 0. The van der Waals surface area contributed by atoms with Gasteiger partial charge in [-0.1, -0.05) is 18.2 Å². The van der Waals surface area contributed by atoms with Crippen LogP contribution in [0, 0.1) is 0 Å². The zero-order valence-electron chi connectivity index (χ0n) is 13.3. The first-order valence-corrected chi connectivity index (χ1v) is 6.90. The van der Waals surface area contributed by atoms with Gasteiger partial charge in [0.25, 0.3) is 0 Å². The van der Waals surface area contributed by atoms with Crippen LogP contribution >= 0.6 is 0 Å². The highest BCUT2D eigenvalue weighted by molar-refractivity contribution is 5.83. The third kappa shape index (κ3) is 8.73. The minimum absolute atomic E-state index is 0.212. The third-order valence-corrected chi connectivity index (χ3v) is 2.39. The molecule has 6 nitrogen and oxygen atoms in total. The normalized spacial score (nSPS) is 14.2. The van der Waals surface area contributed by atoms with Crippen LogP contribution in [-0.2, 0) is 28.6 Å². The highest BCUT2D eigenvalue weighted by atomic mass is 16.6. The van der Waals surface area contributed by atoms with Crippen LogP contribution in [0.1, 0.15) is 27.7 Å². The van der Waals surface area contributed by atoms with Gasteiger partial charge in [-0.25, -0.2) is 14.4 Å². The molecule has 0 amide bonds. The second kappa shape index (κ2) is 11.3. The summed E-state index contributed by atoms with van der Waals surface area (Å²) >= 11 is 0. The van der Waals surface area contributed by atoms with E-state index in [1.54, 1.807) is 27.7 Å². The van der Waals surface area contributed by atoms with Crippen molar-refractivity contribution < 1.29 is 28.6 Å². The first-order chi connectivity index (χ1) is 10.4. The van der Waals surface area contributed by atoms with Gasteiger partial charge in [-0.15, -0.1) is 0 Å². The monoisotopic (exact) mass is 310 g/mol. The van der Waals surface area contributed by atoms with E-state index in [1.807, 2.05) is 0 Å². The fourth-order valence-electron chi connectivity index (χ4n) is 1.37. The minimum atomic E-state index is -0.896. The van der Waals surface area contributed by atoms with Crippen molar-refractivity contribution in [3.05, 3.63) is 36.5 Å². The van der Waals surface area contributed by atoms with Crippen LogP contribution < -0.4 is 0 Å². The molecule has 0 rings (SSSR count). The molecule has 2 unspecified atom stereocenters. The molecule has 0 saturated carbocycles. The summed E-state index contributed by atoms with van der Waals surface area (Å²) < 4.78 is 15.2. The molecule has 0 aliphatic carbocycles. The van der Waals surface area contributed by atoms with Gasteiger partial charge in [0, 0.05) is 18.2 Å². The Hall–Kier alpha value is -2.37. The van der Waals surface area contributed by atoms with Gasteiger partial charge in [-0.2, -0.15) is 0 Å². The lowest BCUT2D eigenvalue weighted by Gasteiger charge is -2.22. The van der Waals surface area contributed by atoms with Gasteiger partial charge in [0.05, 0.1) is 0 Å². The van der Waals surface area contributed by atoms with Gasteiger partial charge < -0.3 is 14.2 Å². The molecule has 2 atom stereocenters. The van der Waals surface area contributed by atoms with Gasteiger partial charge in [0.1, 0.15) is 12.7 Å². The second-order valence-corrected chi connectivity index (χ2v) is 4.25. The maximum absolute atomic E-state index is 11.5. The lowest BCUT2D eigenvalue weighted by molar-refractivity contribution is -0.167. The fraction of sp³-hybridized carbons (Fsp3) is 0.438. The smallest absolute Gasteiger partial charge is 0.330 e. The van der Waals surface area contributed by atoms with E-state index in [2.05, 4.69) is 0 Å². The Labute approximate surface area is 130 Å². The van der Waals surface area contributed by atoms with Crippen LogP contribution in [0.2, 0.25) is 0 Å². The van der Waals surface area contributed by atoms with E-state index >= 15 is 0 Å². The van der Waals surface area contributed by atoms with E-state index in [0.717, 1.165) is 0 Å². The van der Waals surface area contributed by atoms with Crippen LogP contribution in [0.25, 0.3) is 0 Å². The Morgan fingerprint density at radius 3 is 1.77 bits per heavy atom. The molecule has 6 heteroatoms. The molecule has 0 heterocycles. The summed E-state index contributed by atoms with van der Waals surface area (Å²) in [6.07, 6.45) is 6.61. The molecule has 0 aliphatic heterocycles. The van der Waals surface area contributed by atoms with E-state index in [9.17, 15) is 14.4 Å². The Bertz CT molecular complexity index is 461. The van der Waals surface area contributed by atoms with Gasteiger partial charge in [-0.3, -0.25) is 0 Å². The van der Waals surface area contributed by atoms with Gasteiger partial charge in [-0.05, 0) is 27.7 Å². The van der Waals surface area contributed by atoms with Crippen molar-refractivity contribution in [3.63, 3.8) is 0 Å². The molecule has 0 saturated heterocycles. The van der Waals surface area contributed by atoms with Crippen LogP contribution in [0.3, 0.4) is 0 Å². The molecule has 0 spiro atoms. The molecule has 22 heavy (non-hydrogen) atoms. The van der Waals surface area contributed by atoms with E-state index < -0.39 is 30.1 Å². The van der Waals surface area contributed by atoms with Crippen LogP contribution in [0.5, 0.6) is 0 Å². The quantitative estimate of drug-likeness (QED) is 0.388. The number of hydrogen-bond acceptors (Lipinski definition) is 6. The summed E-state index contributed by atoms with van der Waals surface area (Å²) in [5.74, 6) is -1.74. The Morgan fingerprint density at radius 1 is 0.818 bits per heavy atom. The number of allylic oxidation sites excluding steroid dienone is 3. The molecule has 122 valence electrons. The number of ether oxygens (including phenoxy) is 3. The first kappa shape index (κ1) is 19.6. The predicted molar refractivity (Wildman–Crippen MR) is 80.8 cm³/mol. The zero-order valence-corrected chi connectivity index (χ0v) is 13.3. The highest BCUT2D eigenvalue weighted by Crippen LogP contribution is 2.07. The van der Waals surface area contributed by atoms with E-state index in [0.29, 0.717) is 0 Å². The Balaban J connectivity index is 4.78. The minimum Gasteiger partial charge on any atom is -0.458 e. The second-order valence-electron chi connectivity index (χ2n) is 4.25. The summed E-state index contributed by atoms with van der Waals surface area (Å²) in [7, 11) is 0. The standard InChI is InChI=1S/C16H22O6/c1-5-8-14(17)20-11-13(22-16(19)10-7-3)12(4)21-15(18)9-6-2/h5-10,12-13H,11H2,1-4H3/b8-5-,9-6-,10-7-. The molecule has 0 aromatic carbocycles. The van der Waals surface area contributed by atoms with Gasteiger partial charge in [0.15, 0.2) is 6.10 Å². The Kier molecular flexibility index (Phi) is 10.1. The predicted octanol–water partition coefficient (Wildman–Crippen LogP) is 2.10. The first-order valence-electron chi connectivity index (χ1n) is 6.90. The number of carbonyl (C=O) groups excluding carboxylic acids is 3. The molecule has 0 N–H and O–H groups in total. The van der Waals surface area contributed by atoms with Gasteiger partial charge >= 0.3 is 17.9 Å². The molecular formula is C16H22O6. The van der Waals surface area contributed by atoms with Crippen molar-refractivity contribution in [1.29, 1.82) is 0 Å². The van der Waals surface area contributed by atoms with Gasteiger partial charge in [0.2, 0.25) is 0 Å². The van der Waals surface area contributed by atoms with Crippen molar-refractivity contribution in [3.8, 4) is 0 Å². The molecule has 0 radical (unpaired) electrons. The average molecular weight is 310 g/mol. The Morgan fingerprint density at radius 2 is 1.27 bits per heavy atom. The molecular weight excluding hydrogens is 288 g/mol. The third-order valence-electron chi connectivity index (χ3n) is 2.39. The van der Waals surface area contributed by atoms with Crippen LogP contribution in [0.15, 0.2) is 36.5 Å².